The molecule has 0 heteroatoms. The van der Waals surface area contributed by atoms with Crippen LogP contribution in [0.25, 0.3) is 0 Å². The van der Waals surface area contributed by atoms with E-state index in [-0.39, 0.29) is 0 Å². The summed E-state index contributed by atoms with van der Waals surface area (Å²) in [6, 6.07) is 0. The molecule has 0 fully saturated rings. The minimum absolute atomic E-state index is 0.470. The van der Waals surface area contributed by atoms with E-state index in [4.69, 9.17) is 0 Å². The summed E-state index contributed by atoms with van der Waals surface area (Å²) in [5.41, 5.74) is 2.77. The van der Waals surface area contributed by atoms with Crippen LogP contribution >= 0.6 is 0 Å². The Hall–Kier alpha value is -1.30. The molecule has 0 aromatic heterocycles. The van der Waals surface area contributed by atoms with Crippen molar-refractivity contribution in [2.45, 2.75) is 47.0 Å². The van der Waals surface area contributed by atoms with Crippen molar-refractivity contribution in [2.75, 3.05) is 0 Å². The summed E-state index contributed by atoms with van der Waals surface area (Å²) in [6.07, 6.45) is 18.7. The van der Waals surface area contributed by atoms with Gasteiger partial charge in [-0.3, -0.25) is 0 Å². The van der Waals surface area contributed by atoms with E-state index in [1.165, 1.54) is 24.0 Å². The molecule has 0 N–H and O–H groups in total. The Balaban J connectivity index is 0.00000137. The van der Waals surface area contributed by atoms with Gasteiger partial charge in [-0.25, -0.2) is 0 Å². The summed E-state index contributed by atoms with van der Waals surface area (Å²) in [5, 5.41) is 0. The molecule has 1 atom stereocenters. The second kappa shape index (κ2) is 10.8. The fourth-order valence-electron chi connectivity index (χ4n) is 1.88. The smallest absolute Gasteiger partial charge is 0.00576 e. The van der Waals surface area contributed by atoms with Crippen molar-refractivity contribution in [1.29, 1.82) is 0 Å². The summed E-state index contributed by atoms with van der Waals surface area (Å²) in [5.74, 6) is 0.470. The van der Waals surface area contributed by atoms with E-state index in [0.29, 0.717) is 5.92 Å². The van der Waals surface area contributed by atoms with Crippen molar-refractivity contribution in [3.63, 3.8) is 0 Å². The molecular formula is C18H28. The first-order valence-corrected chi connectivity index (χ1v) is 7.15. The molecule has 0 heterocycles. The van der Waals surface area contributed by atoms with E-state index in [1.54, 1.807) is 0 Å². The zero-order valence-electron chi connectivity index (χ0n) is 12.4. The summed E-state index contributed by atoms with van der Waals surface area (Å²) >= 11 is 0. The van der Waals surface area contributed by atoms with Crippen molar-refractivity contribution in [3.8, 4) is 0 Å². The van der Waals surface area contributed by atoms with Gasteiger partial charge in [0, 0.05) is 5.92 Å². The van der Waals surface area contributed by atoms with Crippen LogP contribution in [0, 0.1) is 5.92 Å². The van der Waals surface area contributed by atoms with Gasteiger partial charge in [-0.15, -0.1) is 0 Å². The third-order valence-electron chi connectivity index (χ3n) is 2.88. The second-order valence-electron chi connectivity index (χ2n) is 4.12. The van der Waals surface area contributed by atoms with Crippen LogP contribution in [0.3, 0.4) is 0 Å². The topological polar surface area (TPSA) is 0 Å². The molecule has 0 aliphatic heterocycles. The number of rotatable bonds is 5. The van der Waals surface area contributed by atoms with Crippen molar-refractivity contribution in [2.24, 2.45) is 5.92 Å². The number of hydrogen-bond acceptors (Lipinski definition) is 0. The monoisotopic (exact) mass is 244 g/mol. The zero-order valence-corrected chi connectivity index (χ0v) is 12.4. The van der Waals surface area contributed by atoms with Crippen LogP contribution in [0.4, 0.5) is 0 Å². The summed E-state index contributed by atoms with van der Waals surface area (Å²) in [7, 11) is 0. The van der Waals surface area contributed by atoms with Gasteiger partial charge < -0.3 is 0 Å². The standard InChI is InChI=1S/C16H22.C2H6/c1-4-6-11-15(10-5-2)14(3)16-12-8-7-9-13-16;1-2/h5-6,8,10-14H,2,4,7,9H2,1,3H3;1-2H3/b11-6-,15-10+;. The molecule has 0 spiro atoms. The van der Waals surface area contributed by atoms with Gasteiger partial charge in [0.25, 0.3) is 0 Å². The predicted molar refractivity (Wildman–Crippen MR) is 84.7 cm³/mol. The first-order chi connectivity index (χ1) is 8.79. The van der Waals surface area contributed by atoms with Gasteiger partial charge in [0.15, 0.2) is 0 Å². The Labute approximate surface area is 113 Å². The molecule has 1 aliphatic carbocycles. The van der Waals surface area contributed by atoms with Crippen LogP contribution < -0.4 is 0 Å². The first-order valence-electron chi connectivity index (χ1n) is 7.15. The Morgan fingerprint density at radius 1 is 1.39 bits per heavy atom. The third-order valence-corrected chi connectivity index (χ3v) is 2.88. The fourth-order valence-corrected chi connectivity index (χ4v) is 1.88. The van der Waals surface area contributed by atoms with Crippen molar-refractivity contribution >= 4 is 0 Å². The van der Waals surface area contributed by atoms with Gasteiger partial charge >= 0.3 is 0 Å². The highest BCUT2D eigenvalue weighted by Crippen LogP contribution is 2.25. The molecule has 0 radical (unpaired) electrons. The van der Waals surface area contributed by atoms with Crippen LogP contribution in [0.1, 0.15) is 47.0 Å². The molecule has 0 amide bonds. The van der Waals surface area contributed by atoms with Gasteiger partial charge in [0.05, 0.1) is 0 Å². The highest BCUT2D eigenvalue weighted by molar-refractivity contribution is 5.37. The molecule has 0 aromatic rings. The molecule has 0 nitrogen and oxygen atoms in total. The lowest BCUT2D eigenvalue weighted by Crippen LogP contribution is -2.02. The van der Waals surface area contributed by atoms with Crippen molar-refractivity contribution in [3.05, 3.63) is 60.3 Å². The predicted octanol–water partition coefficient (Wildman–Crippen LogP) is 6.00. The average Bonchev–Trinajstić information content (AvgIpc) is 2.46. The maximum atomic E-state index is 3.79. The zero-order chi connectivity index (χ0) is 13.8. The highest BCUT2D eigenvalue weighted by Gasteiger charge is 2.10. The molecule has 0 saturated carbocycles. The molecule has 0 saturated heterocycles. The van der Waals surface area contributed by atoms with Crippen molar-refractivity contribution < 1.29 is 0 Å². The quantitative estimate of drug-likeness (QED) is 0.520. The van der Waals surface area contributed by atoms with E-state index >= 15 is 0 Å². The molecule has 0 bridgehead atoms. The van der Waals surface area contributed by atoms with Crippen LogP contribution in [0.2, 0.25) is 0 Å². The van der Waals surface area contributed by atoms with Crippen LogP contribution in [-0.4, -0.2) is 0 Å². The minimum Gasteiger partial charge on any atom is -0.0991 e. The second-order valence-corrected chi connectivity index (χ2v) is 4.12. The minimum atomic E-state index is 0.470. The Morgan fingerprint density at radius 2 is 2.11 bits per heavy atom. The summed E-state index contributed by atoms with van der Waals surface area (Å²) in [4.78, 5) is 0. The van der Waals surface area contributed by atoms with Gasteiger partial charge in [-0.2, -0.15) is 0 Å². The molecule has 1 unspecified atom stereocenters. The highest BCUT2D eigenvalue weighted by atomic mass is 14.1. The van der Waals surface area contributed by atoms with Crippen LogP contribution in [0.15, 0.2) is 60.3 Å². The lowest BCUT2D eigenvalue weighted by molar-refractivity contribution is 0.821. The lowest BCUT2D eigenvalue weighted by atomic mass is 9.88. The lowest BCUT2D eigenvalue weighted by Gasteiger charge is -2.16. The Bertz CT molecular complexity index is 337. The molecule has 0 aromatic carbocycles. The molecule has 1 aliphatic rings. The normalized spacial score (nSPS) is 16.9. The summed E-state index contributed by atoms with van der Waals surface area (Å²) in [6.45, 7) is 12.2. The SMILES string of the molecule is C=C/C=C(\C=C/CC)C(C)C1=CCCC=C1.CC. The summed E-state index contributed by atoms with van der Waals surface area (Å²) < 4.78 is 0. The van der Waals surface area contributed by atoms with Gasteiger partial charge in [0.1, 0.15) is 0 Å². The number of hydrogen-bond donors (Lipinski definition) is 0. The van der Waals surface area contributed by atoms with E-state index in [1.807, 2.05) is 19.9 Å². The number of allylic oxidation sites excluding steroid dienone is 9. The molecule has 18 heavy (non-hydrogen) atoms. The van der Waals surface area contributed by atoms with E-state index in [9.17, 15) is 0 Å². The largest absolute Gasteiger partial charge is 0.0991 e. The van der Waals surface area contributed by atoms with E-state index in [0.717, 1.165) is 6.42 Å². The maximum absolute atomic E-state index is 3.79. The van der Waals surface area contributed by atoms with Gasteiger partial charge in [-0.1, -0.05) is 76.8 Å². The van der Waals surface area contributed by atoms with Gasteiger partial charge in [-0.05, 0) is 30.4 Å². The third kappa shape index (κ3) is 5.86. The fraction of sp³-hybridized carbons (Fsp3) is 0.444. The molecule has 1 rings (SSSR count). The van der Waals surface area contributed by atoms with E-state index in [2.05, 4.69) is 56.9 Å². The van der Waals surface area contributed by atoms with E-state index < -0.39 is 0 Å². The van der Waals surface area contributed by atoms with Crippen molar-refractivity contribution in [1.82, 2.24) is 0 Å². The Morgan fingerprint density at radius 3 is 2.61 bits per heavy atom. The maximum Gasteiger partial charge on any atom is 0.00576 e. The molecular weight excluding hydrogens is 216 g/mol. The average molecular weight is 244 g/mol. The van der Waals surface area contributed by atoms with Crippen LogP contribution in [-0.2, 0) is 0 Å². The molecule has 100 valence electrons. The first kappa shape index (κ1) is 16.7. The van der Waals surface area contributed by atoms with Crippen LogP contribution in [0.5, 0.6) is 0 Å². The Kier molecular flexibility index (Phi) is 10.0. The van der Waals surface area contributed by atoms with Gasteiger partial charge in [0.2, 0.25) is 0 Å².